The van der Waals surface area contributed by atoms with Gasteiger partial charge in [-0.1, -0.05) is 34.4 Å². The first-order valence-corrected chi connectivity index (χ1v) is 6.53. The lowest BCUT2D eigenvalue weighted by Crippen LogP contribution is -1.89. The normalized spacial score (nSPS) is 10.7. The van der Waals surface area contributed by atoms with Crippen molar-refractivity contribution in [1.29, 1.82) is 0 Å². The molecule has 0 saturated carbocycles. The molecule has 2 aromatic heterocycles. The van der Waals surface area contributed by atoms with E-state index in [-0.39, 0.29) is 0 Å². The third-order valence-electron chi connectivity index (χ3n) is 2.84. The topological polar surface area (TPSA) is 64.9 Å². The summed E-state index contributed by atoms with van der Waals surface area (Å²) in [5.41, 5.74) is 8.05. The van der Waals surface area contributed by atoms with Crippen LogP contribution in [0.25, 0.3) is 22.5 Å². The minimum absolute atomic E-state index is 0.291. The highest BCUT2D eigenvalue weighted by molar-refractivity contribution is 6.36. The molecule has 20 heavy (non-hydrogen) atoms. The highest BCUT2D eigenvalue weighted by atomic mass is 35.5. The van der Waals surface area contributed by atoms with Crippen LogP contribution in [-0.4, -0.2) is 10.1 Å². The van der Waals surface area contributed by atoms with Gasteiger partial charge in [-0.05, 0) is 24.3 Å². The predicted molar refractivity (Wildman–Crippen MR) is 79.6 cm³/mol. The Bertz CT molecular complexity index is 756. The molecule has 0 unspecified atom stereocenters. The molecule has 0 aliphatic rings. The third kappa shape index (κ3) is 2.24. The van der Waals surface area contributed by atoms with Gasteiger partial charge in [0.1, 0.15) is 0 Å². The fourth-order valence-electron chi connectivity index (χ4n) is 1.95. The summed E-state index contributed by atoms with van der Waals surface area (Å²) in [6.07, 6.45) is 3.37. The van der Waals surface area contributed by atoms with Gasteiger partial charge in [0.15, 0.2) is 11.6 Å². The molecule has 0 amide bonds. The molecule has 0 bridgehead atoms. The molecule has 0 fully saturated rings. The number of rotatable bonds is 2. The number of benzene rings is 1. The Morgan fingerprint density at radius 3 is 2.70 bits per heavy atom. The largest absolute Gasteiger partial charge is 0.380 e. The first-order chi connectivity index (χ1) is 9.66. The minimum Gasteiger partial charge on any atom is -0.380 e. The summed E-state index contributed by atoms with van der Waals surface area (Å²) in [6, 6.07) is 8.83. The van der Waals surface area contributed by atoms with Crippen molar-refractivity contribution in [2.45, 2.75) is 0 Å². The molecule has 2 heterocycles. The summed E-state index contributed by atoms with van der Waals surface area (Å²) in [5.74, 6) is 0.788. The molecule has 6 heteroatoms. The molecule has 3 rings (SSSR count). The van der Waals surface area contributed by atoms with Gasteiger partial charge in [-0.15, -0.1) is 0 Å². The number of pyridine rings is 1. The highest BCUT2D eigenvalue weighted by Crippen LogP contribution is 2.39. The highest BCUT2D eigenvalue weighted by Gasteiger charge is 2.19. The number of aromatic nitrogens is 2. The van der Waals surface area contributed by atoms with Gasteiger partial charge in [-0.25, -0.2) is 0 Å². The molecule has 0 saturated heterocycles. The summed E-state index contributed by atoms with van der Waals surface area (Å²) >= 11 is 12.1. The average molecular weight is 306 g/mol. The van der Waals surface area contributed by atoms with Crippen LogP contribution in [0.2, 0.25) is 10.0 Å². The Kier molecular flexibility index (Phi) is 3.34. The van der Waals surface area contributed by atoms with Crippen LogP contribution in [0.5, 0.6) is 0 Å². The van der Waals surface area contributed by atoms with E-state index in [4.69, 9.17) is 33.5 Å². The van der Waals surface area contributed by atoms with Gasteiger partial charge in [-0.3, -0.25) is 4.98 Å². The minimum atomic E-state index is 0.291. The van der Waals surface area contributed by atoms with Crippen LogP contribution in [0.15, 0.2) is 47.2 Å². The van der Waals surface area contributed by atoms with Crippen LogP contribution < -0.4 is 5.73 Å². The first-order valence-electron chi connectivity index (χ1n) is 5.78. The van der Waals surface area contributed by atoms with Crippen LogP contribution in [0, 0.1) is 0 Å². The lowest BCUT2D eigenvalue weighted by molar-refractivity contribution is 0.436. The predicted octanol–water partition coefficient (Wildman–Crippen LogP) is 4.29. The second kappa shape index (κ2) is 5.15. The Hall–Kier alpha value is -2.04. The van der Waals surface area contributed by atoms with Gasteiger partial charge in [-0.2, -0.15) is 0 Å². The first kappa shape index (κ1) is 13.0. The summed E-state index contributed by atoms with van der Waals surface area (Å²) < 4.78 is 5.33. The number of hydrogen-bond donors (Lipinski definition) is 1. The molecular formula is C14H9Cl2N3O. The Morgan fingerprint density at radius 1 is 1.15 bits per heavy atom. The van der Waals surface area contributed by atoms with Crippen LogP contribution in [0.4, 0.5) is 5.82 Å². The fraction of sp³-hybridized carbons (Fsp3) is 0. The zero-order valence-corrected chi connectivity index (χ0v) is 11.7. The van der Waals surface area contributed by atoms with Crippen molar-refractivity contribution in [2.75, 3.05) is 5.73 Å². The monoisotopic (exact) mass is 305 g/mol. The molecule has 1 aromatic carbocycles. The van der Waals surface area contributed by atoms with Crippen LogP contribution in [-0.2, 0) is 0 Å². The van der Waals surface area contributed by atoms with Crippen molar-refractivity contribution >= 4 is 29.0 Å². The van der Waals surface area contributed by atoms with E-state index in [0.29, 0.717) is 32.8 Å². The van der Waals surface area contributed by atoms with Gasteiger partial charge in [0.05, 0.1) is 10.6 Å². The smallest absolute Gasteiger partial charge is 0.178 e. The van der Waals surface area contributed by atoms with E-state index in [1.165, 1.54) is 0 Å². The van der Waals surface area contributed by atoms with Crippen LogP contribution >= 0.6 is 23.2 Å². The quantitative estimate of drug-likeness (QED) is 0.767. The van der Waals surface area contributed by atoms with Gasteiger partial charge in [0.25, 0.3) is 0 Å². The van der Waals surface area contributed by atoms with E-state index in [1.54, 1.807) is 30.6 Å². The van der Waals surface area contributed by atoms with E-state index < -0.39 is 0 Å². The van der Waals surface area contributed by atoms with Crippen molar-refractivity contribution in [2.24, 2.45) is 0 Å². The number of anilines is 1. The summed E-state index contributed by atoms with van der Waals surface area (Å²) in [5, 5.41) is 4.84. The lowest BCUT2D eigenvalue weighted by atomic mass is 10.0. The zero-order valence-electron chi connectivity index (χ0n) is 10.2. The summed E-state index contributed by atoms with van der Waals surface area (Å²) in [4.78, 5) is 4.07. The fourth-order valence-corrected chi connectivity index (χ4v) is 2.44. The van der Waals surface area contributed by atoms with Crippen LogP contribution in [0.1, 0.15) is 0 Å². The number of hydrogen-bond acceptors (Lipinski definition) is 4. The Balaban J connectivity index is 2.21. The van der Waals surface area contributed by atoms with E-state index in [1.807, 2.05) is 12.1 Å². The number of halogens is 2. The van der Waals surface area contributed by atoms with Gasteiger partial charge in [0, 0.05) is 28.5 Å². The van der Waals surface area contributed by atoms with Gasteiger partial charge < -0.3 is 10.3 Å². The van der Waals surface area contributed by atoms with Crippen molar-refractivity contribution in [1.82, 2.24) is 10.1 Å². The number of nitrogen functional groups attached to an aromatic ring is 1. The molecule has 0 atom stereocenters. The van der Waals surface area contributed by atoms with Crippen molar-refractivity contribution in [3.05, 3.63) is 52.8 Å². The Labute approximate surface area is 125 Å². The molecule has 2 N–H and O–H groups in total. The van der Waals surface area contributed by atoms with E-state index in [0.717, 1.165) is 5.56 Å². The third-order valence-corrected chi connectivity index (χ3v) is 3.39. The van der Waals surface area contributed by atoms with Crippen molar-refractivity contribution in [3.63, 3.8) is 0 Å². The van der Waals surface area contributed by atoms with E-state index in [2.05, 4.69) is 10.1 Å². The second-order valence-corrected chi connectivity index (χ2v) is 4.98. The van der Waals surface area contributed by atoms with E-state index >= 15 is 0 Å². The summed E-state index contributed by atoms with van der Waals surface area (Å²) in [6.45, 7) is 0. The maximum absolute atomic E-state index is 6.20. The molecule has 0 aliphatic carbocycles. The zero-order chi connectivity index (χ0) is 14.1. The molecule has 100 valence electrons. The molecule has 0 aliphatic heterocycles. The van der Waals surface area contributed by atoms with Crippen LogP contribution in [0.3, 0.4) is 0 Å². The standard InChI is InChI=1S/C14H9Cl2N3O/c15-9-3-4-10(11(16)6-9)13-12(14(17)19-20-13)8-2-1-5-18-7-8/h1-7H,(H2,17,19). The lowest BCUT2D eigenvalue weighted by Gasteiger charge is -2.04. The molecule has 3 aromatic rings. The van der Waals surface area contributed by atoms with Crippen molar-refractivity contribution < 1.29 is 4.52 Å². The Morgan fingerprint density at radius 2 is 2.00 bits per heavy atom. The summed E-state index contributed by atoms with van der Waals surface area (Å²) in [7, 11) is 0. The number of nitrogens with zero attached hydrogens (tertiary/aromatic N) is 2. The molecule has 0 radical (unpaired) electrons. The maximum atomic E-state index is 6.20. The molecular weight excluding hydrogens is 297 g/mol. The molecule has 0 spiro atoms. The molecule has 4 nitrogen and oxygen atoms in total. The number of nitrogens with two attached hydrogens (primary N) is 1. The maximum Gasteiger partial charge on any atom is 0.178 e. The SMILES string of the molecule is Nc1noc(-c2ccc(Cl)cc2Cl)c1-c1cccnc1. The van der Waals surface area contributed by atoms with Gasteiger partial charge >= 0.3 is 0 Å². The van der Waals surface area contributed by atoms with E-state index in [9.17, 15) is 0 Å². The van der Waals surface area contributed by atoms with Crippen molar-refractivity contribution in [3.8, 4) is 22.5 Å². The average Bonchev–Trinajstić information content (AvgIpc) is 2.81. The second-order valence-electron chi connectivity index (χ2n) is 4.14. The van der Waals surface area contributed by atoms with Gasteiger partial charge in [0.2, 0.25) is 0 Å².